The van der Waals surface area contributed by atoms with Crippen LogP contribution in [0.3, 0.4) is 0 Å². The van der Waals surface area contributed by atoms with Gasteiger partial charge in [0.05, 0.1) is 30.0 Å². The zero-order valence-corrected chi connectivity index (χ0v) is 29.4. The van der Waals surface area contributed by atoms with Crippen LogP contribution in [0.1, 0.15) is 40.5 Å². The maximum atomic E-state index is 15.3. The molecule has 2 aliphatic rings. The number of amides is 3. The smallest absolute Gasteiger partial charge is 0.247 e. The Morgan fingerprint density at radius 1 is 1.04 bits per heavy atom. The van der Waals surface area contributed by atoms with Crippen molar-refractivity contribution in [2.75, 3.05) is 69.5 Å². The van der Waals surface area contributed by atoms with E-state index >= 15 is 4.39 Å². The first kappa shape index (κ1) is 35.7. The van der Waals surface area contributed by atoms with E-state index in [2.05, 4.69) is 43.2 Å². The molecular formula is C35H48FN9O4. The van der Waals surface area contributed by atoms with Gasteiger partial charge in [-0.3, -0.25) is 14.4 Å². The third-order valence-electron chi connectivity index (χ3n) is 9.33. The molecule has 0 saturated carbocycles. The summed E-state index contributed by atoms with van der Waals surface area (Å²) in [6.07, 6.45) is 2.51. The molecule has 3 atom stereocenters. The maximum Gasteiger partial charge on any atom is 0.247 e. The van der Waals surface area contributed by atoms with Crippen molar-refractivity contribution >= 4 is 51.5 Å². The van der Waals surface area contributed by atoms with Crippen LogP contribution < -0.4 is 30.9 Å². The summed E-state index contributed by atoms with van der Waals surface area (Å²) < 4.78 is 20.9. The molecule has 1 aromatic heterocycles. The van der Waals surface area contributed by atoms with Crippen LogP contribution in [0, 0.1) is 11.2 Å². The van der Waals surface area contributed by atoms with Crippen molar-refractivity contribution in [3.8, 4) is 5.75 Å². The number of likely N-dealkylation sites (N-methyl/N-ethyl adjacent to an activating group) is 2. The highest BCUT2D eigenvalue weighted by Crippen LogP contribution is 2.35. The fourth-order valence-electron chi connectivity index (χ4n) is 6.21. The molecule has 2 aromatic carbocycles. The summed E-state index contributed by atoms with van der Waals surface area (Å²) in [7, 11) is 5.23. The lowest BCUT2D eigenvalue weighted by molar-refractivity contribution is -0.143. The number of aromatic nitrogens is 2. The number of halogens is 1. The second kappa shape index (κ2) is 14.9. The summed E-state index contributed by atoms with van der Waals surface area (Å²) in [5.74, 6) is -0.505. The van der Waals surface area contributed by atoms with E-state index in [9.17, 15) is 14.4 Å². The van der Waals surface area contributed by atoms with Crippen LogP contribution in [0.5, 0.6) is 5.75 Å². The van der Waals surface area contributed by atoms with Gasteiger partial charge in [-0.2, -0.15) is 0 Å². The number of carbonyl (C=O) groups is 3. The third-order valence-corrected chi connectivity index (χ3v) is 9.33. The van der Waals surface area contributed by atoms with Gasteiger partial charge in [0.25, 0.3) is 0 Å². The number of carbonyl (C=O) groups excluding carboxylic acids is 3. The molecule has 2 fully saturated rings. The Bertz CT molecular complexity index is 1690. The zero-order chi connectivity index (χ0) is 35.5. The number of methoxy groups -OCH3 is 1. The van der Waals surface area contributed by atoms with Gasteiger partial charge in [0, 0.05) is 49.9 Å². The summed E-state index contributed by atoms with van der Waals surface area (Å²) in [6, 6.07) is 6.38. The van der Waals surface area contributed by atoms with Gasteiger partial charge >= 0.3 is 0 Å². The van der Waals surface area contributed by atoms with Gasteiger partial charge in [0.2, 0.25) is 17.7 Å². The van der Waals surface area contributed by atoms with Crippen molar-refractivity contribution in [2.45, 2.75) is 58.7 Å². The van der Waals surface area contributed by atoms with E-state index in [0.29, 0.717) is 58.9 Å². The number of fused-ring (bicyclic) bond motifs is 1. The Kier molecular flexibility index (Phi) is 10.9. The minimum absolute atomic E-state index is 0.294. The number of rotatable bonds is 10. The second-order valence-corrected chi connectivity index (χ2v) is 13.9. The number of benzene rings is 2. The number of likely N-dealkylation sites (tertiary alicyclic amines) is 1. The molecule has 13 nitrogen and oxygen atoms in total. The Hall–Kier alpha value is -4.56. The number of ether oxygens (including phenoxy) is 1. The Morgan fingerprint density at radius 3 is 2.43 bits per heavy atom. The predicted octanol–water partition coefficient (Wildman–Crippen LogP) is 3.34. The minimum atomic E-state index is -0.828. The molecule has 3 amide bonds. The van der Waals surface area contributed by atoms with Gasteiger partial charge in [0.1, 0.15) is 35.8 Å². The molecule has 4 N–H and O–H groups in total. The van der Waals surface area contributed by atoms with Crippen LogP contribution in [-0.2, 0) is 14.4 Å². The molecule has 3 aromatic rings. The van der Waals surface area contributed by atoms with Crippen LogP contribution in [0.15, 0.2) is 36.7 Å². The third kappa shape index (κ3) is 8.02. The number of hydrogen-bond donors (Lipinski definition) is 4. The maximum absolute atomic E-state index is 15.3. The highest BCUT2D eigenvalue weighted by Gasteiger charge is 2.42. The molecule has 0 spiro atoms. The number of nitrogens with zero attached hydrogens (tertiary/aromatic N) is 5. The predicted molar refractivity (Wildman–Crippen MR) is 189 cm³/mol. The molecule has 0 radical (unpaired) electrons. The minimum Gasteiger partial charge on any atom is -0.494 e. The Labute approximate surface area is 287 Å². The summed E-state index contributed by atoms with van der Waals surface area (Å²) in [6.45, 7) is 11.0. The van der Waals surface area contributed by atoms with Gasteiger partial charge < -0.3 is 40.7 Å². The number of nitrogens with one attached hydrogen (secondary N) is 4. The van der Waals surface area contributed by atoms with E-state index in [1.165, 1.54) is 19.5 Å². The Balaban J connectivity index is 1.37. The molecule has 5 rings (SSSR count). The van der Waals surface area contributed by atoms with Crippen molar-refractivity contribution in [3.05, 3.63) is 42.5 Å². The lowest BCUT2D eigenvalue weighted by atomic mass is 9.85. The molecule has 2 saturated heterocycles. The Morgan fingerprint density at radius 2 is 1.78 bits per heavy atom. The van der Waals surface area contributed by atoms with Crippen LogP contribution in [-0.4, -0.2) is 110 Å². The van der Waals surface area contributed by atoms with E-state index < -0.39 is 23.5 Å². The summed E-state index contributed by atoms with van der Waals surface area (Å²) >= 11 is 0. The molecule has 49 heavy (non-hydrogen) atoms. The van der Waals surface area contributed by atoms with Crippen molar-refractivity contribution in [2.24, 2.45) is 5.41 Å². The van der Waals surface area contributed by atoms with Crippen molar-refractivity contribution in [1.82, 2.24) is 30.4 Å². The molecule has 14 heteroatoms. The summed E-state index contributed by atoms with van der Waals surface area (Å²) in [5.41, 5.74) is 1.41. The standard InChI is InChI=1S/C35H48FN9O4/c1-21(37-5)32(46)42-30(35(2,3)4)34(48)45-12-8-9-28(45)33(47)41-26-18-23-25(19-29(26)49-7)38-20-39-31(23)40-22-10-11-27(24(36)17-22)44-15-13-43(6)14-16-44/h10-11,17-21,28,30,37H,8-9,12-16H2,1-7H3,(H,41,47)(H,42,46)(H,38,39,40)/t21-,28-,30+/m0/s1. The quantitative estimate of drug-likeness (QED) is 0.252. The number of hydrogen-bond acceptors (Lipinski definition) is 10. The van der Waals surface area contributed by atoms with Crippen LogP contribution in [0.25, 0.3) is 10.9 Å². The molecule has 3 heterocycles. The largest absolute Gasteiger partial charge is 0.494 e. The zero-order valence-electron chi connectivity index (χ0n) is 29.4. The van der Waals surface area contributed by atoms with Crippen LogP contribution >= 0.6 is 0 Å². The average molecular weight is 678 g/mol. The molecule has 264 valence electrons. The lowest BCUT2D eigenvalue weighted by Gasteiger charge is -2.36. The van der Waals surface area contributed by atoms with E-state index in [1.807, 2.05) is 31.7 Å². The van der Waals surface area contributed by atoms with Gasteiger partial charge in [0.15, 0.2) is 0 Å². The van der Waals surface area contributed by atoms with Crippen LogP contribution in [0.2, 0.25) is 0 Å². The monoisotopic (exact) mass is 677 g/mol. The van der Waals surface area contributed by atoms with E-state index in [1.54, 1.807) is 37.1 Å². The number of piperazine rings is 1. The van der Waals surface area contributed by atoms with Gasteiger partial charge in [-0.1, -0.05) is 20.8 Å². The molecule has 0 aliphatic carbocycles. The second-order valence-electron chi connectivity index (χ2n) is 13.9. The van der Waals surface area contributed by atoms with Crippen molar-refractivity contribution in [3.63, 3.8) is 0 Å². The molecular weight excluding hydrogens is 629 g/mol. The van der Waals surface area contributed by atoms with Crippen molar-refractivity contribution in [1.29, 1.82) is 0 Å². The molecule has 2 aliphatic heterocycles. The van der Waals surface area contributed by atoms with Crippen molar-refractivity contribution < 1.29 is 23.5 Å². The fraction of sp³-hybridized carbons (Fsp3) is 0.514. The molecule has 0 bridgehead atoms. The normalized spacial score (nSPS) is 18.2. The lowest BCUT2D eigenvalue weighted by Crippen LogP contribution is -2.59. The first-order chi connectivity index (χ1) is 23.3. The fourth-order valence-corrected chi connectivity index (χ4v) is 6.21. The van der Waals surface area contributed by atoms with Gasteiger partial charge in [-0.05, 0) is 63.5 Å². The number of anilines is 4. The first-order valence-corrected chi connectivity index (χ1v) is 16.7. The molecule has 0 unspecified atom stereocenters. The average Bonchev–Trinajstić information content (AvgIpc) is 3.57. The summed E-state index contributed by atoms with van der Waals surface area (Å²) in [5, 5.41) is 12.5. The van der Waals surface area contributed by atoms with E-state index in [4.69, 9.17) is 4.74 Å². The first-order valence-electron chi connectivity index (χ1n) is 16.7. The topological polar surface area (TPSA) is 144 Å². The van der Waals surface area contributed by atoms with E-state index in [-0.39, 0.29) is 23.5 Å². The van der Waals surface area contributed by atoms with E-state index in [0.717, 1.165) is 26.2 Å². The highest BCUT2D eigenvalue weighted by atomic mass is 19.1. The van der Waals surface area contributed by atoms with Gasteiger partial charge in [-0.15, -0.1) is 0 Å². The van der Waals surface area contributed by atoms with Crippen LogP contribution in [0.4, 0.5) is 27.3 Å². The van der Waals surface area contributed by atoms with Gasteiger partial charge in [-0.25, -0.2) is 14.4 Å². The SMILES string of the molecule is CN[C@@H](C)C(=O)N[C@H](C(=O)N1CCC[C@H]1C(=O)Nc1cc2c(Nc3ccc(N4CCN(C)CC4)c(F)c3)ncnc2cc1OC)C(C)(C)C. The highest BCUT2D eigenvalue weighted by molar-refractivity contribution is 6.03. The summed E-state index contributed by atoms with van der Waals surface area (Å²) in [4.78, 5) is 55.1.